The van der Waals surface area contributed by atoms with Crippen LogP contribution in [0.15, 0.2) is 12.2 Å². The van der Waals surface area contributed by atoms with Crippen LogP contribution in [-0.2, 0) is 19.0 Å². The first kappa shape index (κ1) is 13.1. The summed E-state index contributed by atoms with van der Waals surface area (Å²) in [4.78, 5) is 11.1. The molecule has 0 aliphatic rings. The van der Waals surface area contributed by atoms with E-state index in [9.17, 15) is 4.79 Å². The first-order valence-electron chi connectivity index (χ1n) is 4.57. The molecule has 0 aliphatic carbocycles. The van der Waals surface area contributed by atoms with Crippen molar-refractivity contribution >= 4 is 5.97 Å². The predicted molar refractivity (Wildman–Crippen MR) is 53.1 cm³/mol. The van der Waals surface area contributed by atoms with E-state index in [1.807, 2.05) is 6.92 Å². The highest BCUT2D eigenvalue weighted by atomic mass is 16.5. The average Bonchev–Trinajstić information content (AvgIpc) is 2.17. The lowest BCUT2D eigenvalue weighted by Gasteiger charge is -2.10. The quantitative estimate of drug-likeness (QED) is 0.459. The minimum absolute atomic E-state index is 0.0185. The van der Waals surface area contributed by atoms with Gasteiger partial charge in [0.2, 0.25) is 0 Å². The average molecular weight is 202 g/mol. The van der Waals surface area contributed by atoms with Gasteiger partial charge in [-0.15, -0.1) is 0 Å². The zero-order valence-electron chi connectivity index (χ0n) is 9.04. The predicted octanol–water partition coefficient (Wildman–Crippen LogP) is 1.16. The first-order valence-corrected chi connectivity index (χ1v) is 4.57. The molecular weight excluding hydrogens is 184 g/mol. The molecule has 0 saturated heterocycles. The van der Waals surface area contributed by atoms with Crippen LogP contribution in [0, 0.1) is 0 Å². The molecule has 1 atom stereocenters. The molecule has 0 aromatic carbocycles. The maximum absolute atomic E-state index is 11.1. The summed E-state index contributed by atoms with van der Waals surface area (Å²) in [6, 6.07) is 0. The van der Waals surface area contributed by atoms with E-state index in [1.165, 1.54) is 0 Å². The molecule has 0 fully saturated rings. The Morgan fingerprint density at radius 3 is 2.64 bits per heavy atom. The van der Waals surface area contributed by atoms with Gasteiger partial charge in [0.1, 0.15) is 0 Å². The van der Waals surface area contributed by atoms with Gasteiger partial charge in [0.25, 0.3) is 0 Å². The van der Waals surface area contributed by atoms with Gasteiger partial charge in [0.15, 0.2) is 0 Å². The van der Waals surface area contributed by atoms with E-state index in [0.29, 0.717) is 18.8 Å². The summed E-state index contributed by atoms with van der Waals surface area (Å²) in [6.45, 7) is 8.17. The van der Waals surface area contributed by atoms with Crippen LogP contribution >= 0.6 is 0 Å². The van der Waals surface area contributed by atoms with Crippen molar-refractivity contribution < 1.29 is 19.0 Å². The van der Waals surface area contributed by atoms with E-state index in [0.717, 1.165) is 0 Å². The third kappa shape index (κ3) is 5.72. The fourth-order valence-electron chi connectivity index (χ4n) is 0.708. The fourth-order valence-corrected chi connectivity index (χ4v) is 0.708. The summed E-state index contributed by atoms with van der Waals surface area (Å²) in [5.41, 5.74) is 0.329. The van der Waals surface area contributed by atoms with Crippen molar-refractivity contribution in [2.75, 3.05) is 26.9 Å². The Balaban J connectivity index is 3.58. The summed E-state index contributed by atoms with van der Waals surface area (Å²) >= 11 is 0. The van der Waals surface area contributed by atoms with Gasteiger partial charge in [0, 0.05) is 7.11 Å². The van der Waals surface area contributed by atoms with Crippen LogP contribution in [0.2, 0.25) is 0 Å². The monoisotopic (exact) mass is 202 g/mol. The van der Waals surface area contributed by atoms with Crippen molar-refractivity contribution in [1.82, 2.24) is 0 Å². The summed E-state index contributed by atoms with van der Waals surface area (Å²) in [5.74, 6) is -0.405. The molecule has 0 N–H and O–H groups in total. The van der Waals surface area contributed by atoms with Crippen LogP contribution in [-0.4, -0.2) is 39.0 Å². The van der Waals surface area contributed by atoms with Crippen molar-refractivity contribution in [3.8, 4) is 0 Å². The molecule has 0 saturated carbocycles. The Kier molecular flexibility index (Phi) is 7.06. The van der Waals surface area contributed by atoms with Crippen LogP contribution < -0.4 is 0 Å². The van der Waals surface area contributed by atoms with Crippen LogP contribution in [0.1, 0.15) is 13.8 Å². The van der Waals surface area contributed by atoms with Gasteiger partial charge < -0.3 is 14.2 Å². The van der Waals surface area contributed by atoms with Crippen molar-refractivity contribution in [1.29, 1.82) is 0 Å². The molecule has 0 spiro atoms. The number of rotatable bonds is 7. The maximum Gasteiger partial charge on any atom is 0.335 e. The zero-order chi connectivity index (χ0) is 11.0. The van der Waals surface area contributed by atoms with E-state index in [-0.39, 0.29) is 12.7 Å². The van der Waals surface area contributed by atoms with Gasteiger partial charge in [0.05, 0.1) is 31.5 Å². The number of esters is 1. The molecule has 82 valence electrons. The molecule has 14 heavy (non-hydrogen) atoms. The number of hydrogen-bond donors (Lipinski definition) is 0. The third-order valence-electron chi connectivity index (χ3n) is 1.60. The van der Waals surface area contributed by atoms with E-state index < -0.39 is 5.97 Å². The third-order valence-corrected chi connectivity index (χ3v) is 1.60. The van der Waals surface area contributed by atoms with E-state index in [2.05, 4.69) is 6.58 Å². The Hall–Kier alpha value is -0.870. The standard InChI is InChI=1S/C10H18O4/c1-5-14-10(11)8(2)6-13-7-9(3)12-4/h9H,2,5-7H2,1,3-4H3. The van der Waals surface area contributed by atoms with Crippen molar-refractivity contribution in [2.24, 2.45) is 0 Å². The lowest BCUT2D eigenvalue weighted by molar-refractivity contribution is -0.139. The minimum atomic E-state index is -0.405. The van der Waals surface area contributed by atoms with Gasteiger partial charge in [-0.25, -0.2) is 4.79 Å². The second-order valence-electron chi connectivity index (χ2n) is 2.89. The highest BCUT2D eigenvalue weighted by Gasteiger charge is 2.08. The first-order chi connectivity index (χ1) is 6.61. The molecule has 1 unspecified atom stereocenters. The summed E-state index contributed by atoms with van der Waals surface area (Å²) < 4.78 is 14.9. The van der Waals surface area contributed by atoms with Gasteiger partial charge in [-0.05, 0) is 13.8 Å². The van der Waals surface area contributed by atoms with Crippen molar-refractivity contribution in [3.05, 3.63) is 12.2 Å². The van der Waals surface area contributed by atoms with Crippen LogP contribution in [0.4, 0.5) is 0 Å². The van der Waals surface area contributed by atoms with Gasteiger partial charge >= 0.3 is 5.97 Å². The molecular formula is C10H18O4. The molecule has 4 nitrogen and oxygen atoms in total. The smallest absolute Gasteiger partial charge is 0.335 e. The number of carbonyl (C=O) groups excluding carboxylic acids is 1. The van der Waals surface area contributed by atoms with E-state index >= 15 is 0 Å². The number of carbonyl (C=O) groups is 1. The highest BCUT2D eigenvalue weighted by Crippen LogP contribution is 1.97. The topological polar surface area (TPSA) is 44.8 Å². The van der Waals surface area contributed by atoms with E-state index in [4.69, 9.17) is 14.2 Å². The SMILES string of the molecule is C=C(COCC(C)OC)C(=O)OCC. The van der Waals surface area contributed by atoms with E-state index in [1.54, 1.807) is 14.0 Å². The molecule has 0 aromatic heterocycles. The number of methoxy groups -OCH3 is 1. The number of ether oxygens (including phenoxy) is 3. The van der Waals surface area contributed by atoms with Crippen LogP contribution in [0.5, 0.6) is 0 Å². The Labute approximate surface area is 84.8 Å². The summed E-state index contributed by atoms with van der Waals surface area (Å²) in [5, 5.41) is 0. The second kappa shape index (κ2) is 7.53. The highest BCUT2D eigenvalue weighted by molar-refractivity contribution is 5.87. The van der Waals surface area contributed by atoms with Gasteiger partial charge in [-0.2, -0.15) is 0 Å². The zero-order valence-corrected chi connectivity index (χ0v) is 9.04. The minimum Gasteiger partial charge on any atom is -0.463 e. The van der Waals surface area contributed by atoms with Crippen molar-refractivity contribution in [3.63, 3.8) is 0 Å². The van der Waals surface area contributed by atoms with Crippen LogP contribution in [0.25, 0.3) is 0 Å². The molecule has 0 aromatic rings. The largest absolute Gasteiger partial charge is 0.463 e. The fraction of sp³-hybridized carbons (Fsp3) is 0.700. The Morgan fingerprint density at radius 1 is 1.50 bits per heavy atom. The lowest BCUT2D eigenvalue weighted by Crippen LogP contribution is -2.17. The molecule has 0 bridgehead atoms. The summed E-state index contributed by atoms with van der Waals surface area (Å²) in [6.07, 6.45) is 0.0185. The van der Waals surface area contributed by atoms with Gasteiger partial charge in [-0.3, -0.25) is 0 Å². The molecule has 0 heterocycles. The van der Waals surface area contributed by atoms with Crippen molar-refractivity contribution in [2.45, 2.75) is 20.0 Å². The normalized spacial score (nSPS) is 12.2. The number of hydrogen-bond acceptors (Lipinski definition) is 4. The Morgan fingerprint density at radius 2 is 2.14 bits per heavy atom. The molecule has 0 amide bonds. The second-order valence-corrected chi connectivity index (χ2v) is 2.89. The van der Waals surface area contributed by atoms with Gasteiger partial charge in [-0.1, -0.05) is 6.58 Å². The Bertz CT molecular complexity index is 189. The maximum atomic E-state index is 11.1. The lowest BCUT2D eigenvalue weighted by atomic mass is 10.3. The summed E-state index contributed by atoms with van der Waals surface area (Å²) in [7, 11) is 1.61. The molecule has 4 heteroatoms. The molecule has 0 rings (SSSR count). The van der Waals surface area contributed by atoms with Crippen LogP contribution in [0.3, 0.4) is 0 Å². The molecule has 0 aliphatic heterocycles. The molecule has 0 radical (unpaired) electrons.